The molecule has 0 spiro atoms. The van der Waals surface area contributed by atoms with Gasteiger partial charge in [0.1, 0.15) is 0 Å². The van der Waals surface area contributed by atoms with Crippen LogP contribution in [0.3, 0.4) is 0 Å². The minimum absolute atomic E-state index is 1.25. The van der Waals surface area contributed by atoms with Gasteiger partial charge in [-0.05, 0) is 0 Å². The van der Waals surface area contributed by atoms with E-state index in [0.29, 0.717) is 0 Å². The molecular weight excluding hydrogens is 119 g/mol. The van der Waals surface area contributed by atoms with E-state index < -0.39 is 8.60 Å². The maximum Gasteiger partial charge on any atom is 0.324 e. The number of hydrogen-bond donors (Lipinski definition) is 4. The van der Waals surface area contributed by atoms with Crippen LogP contribution < -0.4 is 5.73 Å². The van der Waals surface area contributed by atoms with Gasteiger partial charge in [-0.3, -0.25) is 0 Å². The van der Waals surface area contributed by atoms with Crippen molar-refractivity contribution in [1.82, 2.24) is 0 Å². The number of nitriles is 1. The quantitative estimate of drug-likeness (QED) is 0.180. The second-order valence-electron chi connectivity index (χ2n) is 0.397. The summed E-state index contributed by atoms with van der Waals surface area (Å²) in [7, 11) is -2.62. The van der Waals surface area contributed by atoms with E-state index in [2.05, 4.69) is 5.73 Å². The summed E-state index contributed by atoms with van der Waals surface area (Å²) in [6.45, 7) is 0. The van der Waals surface area contributed by atoms with Gasteiger partial charge in [0, 0.05) is 0 Å². The molecule has 0 aromatic rings. The predicted octanol–water partition coefficient (Wildman–Crippen LogP) is -1.38. The van der Waals surface area contributed by atoms with Crippen molar-refractivity contribution in [3.63, 3.8) is 0 Å². The smallest absolute Gasteiger partial charge is 0.324 e. The van der Waals surface area contributed by atoms with Crippen molar-refractivity contribution < 1.29 is 14.7 Å². The van der Waals surface area contributed by atoms with Crippen LogP contribution in [-0.2, 0) is 0 Å². The Morgan fingerprint density at radius 1 is 1.43 bits per heavy atom. The highest BCUT2D eigenvalue weighted by atomic mass is 31.2. The summed E-state index contributed by atoms with van der Waals surface area (Å²) in [5.74, 6) is 0. The van der Waals surface area contributed by atoms with Crippen LogP contribution in [0.15, 0.2) is 0 Å². The van der Waals surface area contributed by atoms with E-state index in [4.69, 9.17) is 19.9 Å². The molecule has 0 bridgehead atoms. The Morgan fingerprint density at radius 2 is 1.43 bits per heavy atom. The van der Waals surface area contributed by atoms with E-state index in [1.54, 1.807) is 0 Å². The highest BCUT2D eigenvalue weighted by molar-refractivity contribution is 7.38. The number of nitrogens with zero attached hydrogens (tertiary/aromatic N) is 1. The topological polar surface area (TPSA) is 111 Å². The van der Waals surface area contributed by atoms with E-state index >= 15 is 0 Å². The third-order valence-corrected chi connectivity index (χ3v) is 0. The molecule has 5 nitrogen and oxygen atoms in total. The Morgan fingerprint density at radius 3 is 1.43 bits per heavy atom. The van der Waals surface area contributed by atoms with E-state index in [9.17, 15) is 0 Å². The van der Waals surface area contributed by atoms with Crippen LogP contribution in [0.2, 0.25) is 0 Å². The molecule has 0 atom stereocenters. The highest BCUT2D eigenvalue weighted by Crippen LogP contribution is 2.11. The van der Waals surface area contributed by atoms with Gasteiger partial charge >= 0.3 is 8.60 Å². The third-order valence-electron chi connectivity index (χ3n) is 0. The van der Waals surface area contributed by atoms with Crippen LogP contribution in [0.5, 0.6) is 0 Å². The van der Waals surface area contributed by atoms with Crippen molar-refractivity contribution in [1.29, 1.82) is 5.26 Å². The average Bonchev–Trinajstić information content (AvgIpc) is 1.33. The molecule has 6 heteroatoms. The van der Waals surface area contributed by atoms with Gasteiger partial charge in [0.25, 0.3) is 0 Å². The molecule has 5 N–H and O–H groups in total. The van der Waals surface area contributed by atoms with Gasteiger partial charge in [-0.15, -0.1) is 0 Å². The van der Waals surface area contributed by atoms with Gasteiger partial charge < -0.3 is 20.4 Å². The van der Waals surface area contributed by atoms with E-state index in [-0.39, 0.29) is 0 Å². The lowest BCUT2D eigenvalue weighted by Gasteiger charge is -1.76. The molecule has 0 aliphatic heterocycles. The zero-order chi connectivity index (χ0) is 6.28. The largest absolute Gasteiger partial charge is 0.337 e. The van der Waals surface area contributed by atoms with Crippen LogP contribution >= 0.6 is 8.60 Å². The summed E-state index contributed by atoms with van der Waals surface area (Å²) in [5, 5.41) is 7.10. The van der Waals surface area contributed by atoms with Crippen molar-refractivity contribution in [2.45, 2.75) is 0 Å². The molecule has 0 saturated heterocycles. The molecule has 0 fully saturated rings. The summed E-state index contributed by atoms with van der Waals surface area (Å²) in [6, 6.07) is 0. The van der Waals surface area contributed by atoms with Crippen LogP contribution in [0, 0.1) is 11.5 Å². The SMILES string of the molecule is N#CN.OP(O)O. The first-order chi connectivity index (χ1) is 3.15. The molecule has 42 valence electrons. The van der Waals surface area contributed by atoms with Gasteiger partial charge in [0.15, 0.2) is 6.19 Å². The fourth-order valence-corrected chi connectivity index (χ4v) is 0. The lowest BCUT2D eigenvalue weighted by molar-refractivity contribution is 0.368. The van der Waals surface area contributed by atoms with Crippen molar-refractivity contribution in [3.8, 4) is 6.19 Å². The Hall–Kier alpha value is -0.400. The van der Waals surface area contributed by atoms with Crippen molar-refractivity contribution >= 4 is 8.60 Å². The molecule has 0 saturated carbocycles. The predicted molar refractivity (Wildman–Crippen MR) is 23.4 cm³/mol. The first kappa shape index (κ1) is 9.78. The fourth-order valence-electron chi connectivity index (χ4n) is 0. The molecule has 0 aromatic heterocycles. The Labute approximate surface area is 41.6 Å². The molecule has 0 amide bonds. The van der Waals surface area contributed by atoms with Crippen LogP contribution in [0.1, 0.15) is 0 Å². The maximum atomic E-state index is 7.23. The standard InChI is InChI=1S/CH2N2.H3O3P/c2-1-3;1-4(2)3/h2H2;1-3H. The molecule has 0 aromatic carbocycles. The Balaban J connectivity index is 0. The summed E-state index contributed by atoms with van der Waals surface area (Å²) in [5.41, 5.74) is 4.15. The zero-order valence-corrected chi connectivity index (χ0v) is 4.21. The van der Waals surface area contributed by atoms with Crippen molar-refractivity contribution in [2.24, 2.45) is 5.73 Å². The fraction of sp³-hybridized carbons (Fsp3) is 0. The molecule has 7 heavy (non-hydrogen) atoms. The molecule has 0 heterocycles. The molecular formula is CH5N2O3P. The van der Waals surface area contributed by atoms with Gasteiger partial charge in [-0.2, -0.15) is 5.26 Å². The first-order valence-corrected chi connectivity index (χ1v) is 2.31. The Kier molecular flexibility index (Phi) is 12.8. The second-order valence-corrected chi connectivity index (χ2v) is 0.934. The van der Waals surface area contributed by atoms with Gasteiger partial charge in [0.05, 0.1) is 0 Å². The molecule has 0 radical (unpaired) electrons. The zero-order valence-electron chi connectivity index (χ0n) is 3.31. The van der Waals surface area contributed by atoms with E-state index in [1.165, 1.54) is 6.19 Å². The van der Waals surface area contributed by atoms with Crippen molar-refractivity contribution in [3.05, 3.63) is 0 Å². The van der Waals surface area contributed by atoms with Crippen LogP contribution in [0.25, 0.3) is 0 Å². The summed E-state index contributed by atoms with van der Waals surface area (Å²) in [6.07, 6.45) is 1.25. The summed E-state index contributed by atoms with van der Waals surface area (Å²) >= 11 is 0. The molecule has 0 aliphatic carbocycles. The third kappa shape index (κ3) is 454. The minimum Gasteiger partial charge on any atom is -0.337 e. The lowest BCUT2D eigenvalue weighted by atomic mass is 11.5. The van der Waals surface area contributed by atoms with Crippen LogP contribution in [-0.4, -0.2) is 14.7 Å². The highest BCUT2D eigenvalue weighted by Gasteiger charge is 1.76. The normalized spacial score (nSPS) is 6.14. The van der Waals surface area contributed by atoms with Gasteiger partial charge in [0.2, 0.25) is 0 Å². The summed E-state index contributed by atoms with van der Waals surface area (Å²) in [4.78, 5) is 21.7. The number of nitrogens with two attached hydrogens (primary N) is 1. The Bertz CT molecular complexity index is 55.7. The van der Waals surface area contributed by atoms with E-state index in [1.807, 2.05) is 0 Å². The monoisotopic (exact) mass is 124 g/mol. The van der Waals surface area contributed by atoms with Gasteiger partial charge in [-0.25, -0.2) is 0 Å². The number of hydrogen-bond acceptors (Lipinski definition) is 5. The average molecular weight is 124 g/mol. The number of rotatable bonds is 0. The van der Waals surface area contributed by atoms with Crippen LogP contribution in [0.4, 0.5) is 0 Å². The molecule has 0 rings (SSSR count). The minimum atomic E-state index is -2.62. The molecule has 0 unspecified atom stereocenters. The van der Waals surface area contributed by atoms with Crippen molar-refractivity contribution in [2.75, 3.05) is 0 Å². The van der Waals surface area contributed by atoms with Gasteiger partial charge in [-0.1, -0.05) is 0 Å². The first-order valence-electron chi connectivity index (χ1n) is 1.11. The maximum absolute atomic E-state index is 7.23. The lowest BCUT2D eigenvalue weighted by Crippen LogP contribution is -1.69. The van der Waals surface area contributed by atoms with E-state index in [0.717, 1.165) is 0 Å². The summed E-state index contributed by atoms with van der Waals surface area (Å²) < 4.78 is 0. The second kappa shape index (κ2) is 9.14. The molecule has 0 aliphatic rings.